The molecule has 0 aliphatic rings. The van der Waals surface area contributed by atoms with Gasteiger partial charge in [0.05, 0.1) is 5.56 Å². The summed E-state index contributed by atoms with van der Waals surface area (Å²) in [5.41, 5.74) is -0.854. The van der Waals surface area contributed by atoms with Crippen LogP contribution in [-0.2, 0) is 9.53 Å². The maximum atomic E-state index is 13.3. The van der Waals surface area contributed by atoms with Gasteiger partial charge in [-0.3, -0.25) is 4.79 Å². The maximum Gasteiger partial charge on any atom is 0.328 e. The molecule has 0 aromatic carbocycles. The molecule has 0 radical (unpaired) electrons. The summed E-state index contributed by atoms with van der Waals surface area (Å²) >= 11 is 0. The van der Waals surface area contributed by atoms with Crippen molar-refractivity contribution in [2.24, 2.45) is 0 Å². The lowest BCUT2D eigenvalue weighted by Crippen LogP contribution is -2.42. The van der Waals surface area contributed by atoms with Crippen LogP contribution < -0.4 is 5.32 Å². The summed E-state index contributed by atoms with van der Waals surface area (Å²) in [6.07, 6.45) is 1.24. The van der Waals surface area contributed by atoms with Gasteiger partial charge in [0, 0.05) is 6.20 Å². The molecule has 1 N–H and O–H groups in total. The van der Waals surface area contributed by atoms with E-state index in [0.29, 0.717) is 0 Å². The Morgan fingerprint density at radius 3 is 2.58 bits per heavy atom. The van der Waals surface area contributed by atoms with Gasteiger partial charge in [0.25, 0.3) is 5.91 Å². The van der Waals surface area contributed by atoms with Gasteiger partial charge in [-0.25, -0.2) is 9.78 Å². The highest BCUT2D eigenvalue weighted by Gasteiger charge is 2.24. The number of nitrogens with zero attached hydrogens (tertiary/aromatic N) is 1. The first kappa shape index (κ1) is 15.1. The highest BCUT2D eigenvalue weighted by molar-refractivity contribution is 5.96. The molecule has 1 aromatic rings. The van der Waals surface area contributed by atoms with Crippen molar-refractivity contribution >= 4 is 11.9 Å². The minimum absolute atomic E-state index is 0.210. The van der Waals surface area contributed by atoms with Crippen LogP contribution in [0, 0.1) is 5.95 Å². The summed E-state index contributed by atoms with van der Waals surface area (Å²) in [6, 6.07) is 1.86. The minimum atomic E-state index is -0.878. The molecule has 5 nitrogen and oxygen atoms in total. The summed E-state index contributed by atoms with van der Waals surface area (Å²) in [4.78, 5) is 26.8. The summed E-state index contributed by atoms with van der Waals surface area (Å²) in [6.45, 7) is 6.64. The Morgan fingerprint density at radius 2 is 2.05 bits per heavy atom. The van der Waals surface area contributed by atoms with Crippen molar-refractivity contribution in [2.45, 2.75) is 39.3 Å². The highest BCUT2D eigenvalue weighted by atomic mass is 19.1. The molecule has 1 aromatic heterocycles. The first-order valence-electron chi connectivity index (χ1n) is 5.85. The number of ether oxygens (including phenoxy) is 1. The standard InChI is InChI=1S/C13H17FN2O3/c1-8(12(18)19-13(2,3)4)16-11(17)9-6-5-7-15-10(9)14/h5-8H,1-4H3,(H,16,17)/t8-/m1/s1. The fourth-order valence-corrected chi connectivity index (χ4v) is 1.28. The zero-order chi connectivity index (χ0) is 14.6. The van der Waals surface area contributed by atoms with Crippen LogP contribution in [0.25, 0.3) is 0 Å². The number of hydrogen-bond acceptors (Lipinski definition) is 4. The molecule has 6 heteroatoms. The predicted octanol–water partition coefficient (Wildman–Crippen LogP) is 1.68. The Bertz CT molecular complexity index is 483. The van der Waals surface area contributed by atoms with Crippen molar-refractivity contribution in [1.29, 1.82) is 0 Å². The number of pyridine rings is 1. The third kappa shape index (κ3) is 4.65. The number of aromatic nitrogens is 1. The maximum absolute atomic E-state index is 13.3. The second kappa shape index (κ2) is 5.77. The van der Waals surface area contributed by atoms with E-state index in [-0.39, 0.29) is 5.56 Å². The van der Waals surface area contributed by atoms with E-state index in [4.69, 9.17) is 4.74 Å². The largest absolute Gasteiger partial charge is 0.458 e. The monoisotopic (exact) mass is 268 g/mol. The molecular weight excluding hydrogens is 251 g/mol. The first-order valence-corrected chi connectivity index (χ1v) is 5.85. The van der Waals surface area contributed by atoms with Crippen molar-refractivity contribution in [3.05, 3.63) is 29.8 Å². The lowest BCUT2D eigenvalue weighted by atomic mass is 10.2. The van der Waals surface area contributed by atoms with E-state index in [1.807, 2.05) is 0 Å². The topological polar surface area (TPSA) is 68.3 Å². The van der Waals surface area contributed by atoms with E-state index in [2.05, 4.69) is 10.3 Å². The molecule has 104 valence electrons. The number of nitrogens with one attached hydrogen (secondary N) is 1. The summed E-state index contributed by atoms with van der Waals surface area (Å²) in [7, 11) is 0. The molecule has 0 bridgehead atoms. The van der Waals surface area contributed by atoms with Crippen molar-refractivity contribution in [2.75, 3.05) is 0 Å². The van der Waals surface area contributed by atoms with Crippen LogP contribution in [0.5, 0.6) is 0 Å². The molecule has 0 aliphatic heterocycles. The second-order valence-electron chi connectivity index (χ2n) is 5.07. The van der Waals surface area contributed by atoms with Gasteiger partial charge >= 0.3 is 5.97 Å². The summed E-state index contributed by atoms with van der Waals surface area (Å²) in [5, 5.41) is 2.37. The molecule has 1 amide bonds. The van der Waals surface area contributed by atoms with Crippen molar-refractivity contribution in [1.82, 2.24) is 10.3 Å². The van der Waals surface area contributed by atoms with Gasteiger partial charge < -0.3 is 10.1 Å². The molecule has 19 heavy (non-hydrogen) atoms. The molecule has 0 aliphatic carbocycles. The average Bonchev–Trinajstić information content (AvgIpc) is 2.27. The van der Waals surface area contributed by atoms with E-state index in [1.165, 1.54) is 25.3 Å². The van der Waals surface area contributed by atoms with E-state index in [0.717, 1.165) is 0 Å². The second-order valence-corrected chi connectivity index (χ2v) is 5.07. The van der Waals surface area contributed by atoms with Crippen LogP contribution in [-0.4, -0.2) is 28.5 Å². The van der Waals surface area contributed by atoms with Gasteiger partial charge in [-0.2, -0.15) is 4.39 Å². The van der Waals surface area contributed by atoms with Crippen molar-refractivity contribution in [3.8, 4) is 0 Å². The lowest BCUT2D eigenvalue weighted by Gasteiger charge is -2.22. The van der Waals surface area contributed by atoms with E-state index in [1.54, 1.807) is 20.8 Å². The number of esters is 1. The van der Waals surface area contributed by atoms with Crippen LogP contribution in [0.3, 0.4) is 0 Å². The third-order valence-corrected chi connectivity index (χ3v) is 2.11. The van der Waals surface area contributed by atoms with Crippen molar-refractivity contribution < 1.29 is 18.7 Å². The fourth-order valence-electron chi connectivity index (χ4n) is 1.28. The number of carbonyl (C=O) groups is 2. The van der Waals surface area contributed by atoms with Crippen LogP contribution in [0.1, 0.15) is 38.1 Å². The molecule has 0 saturated carbocycles. The zero-order valence-corrected chi connectivity index (χ0v) is 11.4. The Labute approximate surface area is 111 Å². The smallest absolute Gasteiger partial charge is 0.328 e. The number of hydrogen-bond donors (Lipinski definition) is 1. The molecule has 0 saturated heterocycles. The number of carbonyl (C=O) groups excluding carboxylic acids is 2. The van der Waals surface area contributed by atoms with Gasteiger partial charge in [-0.1, -0.05) is 0 Å². The minimum Gasteiger partial charge on any atom is -0.458 e. The molecular formula is C13H17FN2O3. The molecule has 0 unspecified atom stereocenters. The number of rotatable bonds is 3. The van der Waals surface area contributed by atoms with Gasteiger partial charge in [0.2, 0.25) is 5.95 Å². The summed E-state index contributed by atoms with van der Waals surface area (Å²) in [5.74, 6) is -2.16. The quantitative estimate of drug-likeness (QED) is 0.669. The van der Waals surface area contributed by atoms with Crippen LogP contribution in [0.15, 0.2) is 18.3 Å². The Balaban J connectivity index is 2.67. The van der Waals surface area contributed by atoms with Crippen LogP contribution in [0.2, 0.25) is 0 Å². The van der Waals surface area contributed by atoms with E-state index < -0.39 is 29.5 Å². The molecule has 0 fully saturated rings. The van der Waals surface area contributed by atoms with Crippen LogP contribution in [0.4, 0.5) is 4.39 Å². The lowest BCUT2D eigenvalue weighted by molar-refractivity contribution is -0.156. The Morgan fingerprint density at radius 1 is 1.42 bits per heavy atom. The van der Waals surface area contributed by atoms with Crippen LogP contribution >= 0.6 is 0 Å². The number of amides is 1. The van der Waals surface area contributed by atoms with Crippen molar-refractivity contribution in [3.63, 3.8) is 0 Å². The molecule has 1 atom stereocenters. The molecule has 1 rings (SSSR count). The normalized spacial score (nSPS) is 12.7. The average molecular weight is 268 g/mol. The van der Waals surface area contributed by atoms with Gasteiger partial charge in [0.15, 0.2) is 0 Å². The molecule has 1 heterocycles. The van der Waals surface area contributed by atoms with Gasteiger partial charge in [-0.05, 0) is 39.8 Å². The zero-order valence-electron chi connectivity index (χ0n) is 11.4. The predicted molar refractivity (Wildman–Crippen MR) is 67.0 cm³/mol. The van der Waals surface area contributed by atoms with E-state index in [9.17, 15) is 14.0 Å². The highest BCUT2D eigenvalue weighted by Crippen LogP contribution is 2.09. The Kier molecular flexibility index (Phi) is 4.58. The molecule has 0 spiro atoms. The van der Waals surface area contributed by atoms with Gasteiger partial charge in [-0.15, -0.1) is 0 Å². The number of halogens is 1. The Hall–Kier alpha value is -1.98. The first-order chi connectivity index (χ1) is 8.70. The third-order valence-electron chi connectivity index (χ3n) is 2.11. The van der Waals surface area contributed by atoms with Gasteiger partial charge in [0.1, 0.15) is 11.6 Å². The SMILES string of the molecule is C[C@@H](NC(=O)c1cccnc1F)C(=O)OC(C)(C)C. The fraction of sp³-hybridized carbons (Fsp3) is 0.462. The van der Waals surface area contributed by atoms with E-state index >= 15 is 0 Å². The summed E-state index contributed by atoms with van der Waals surface area (Å²) < 4.78 is 18.4.